The van der Waals surface area contributed by atoms with Crippen LogP contribution in [0.2, 0.25) is 0 Å². The molecule has 0 aromatic heterocycles. The molecule has 0 radical (unpaired) electrons. The molecule has 0 aromatic rings. The highest BCUT2D eigenvalue weighted by molar-refractivity contribution is 4.93. The van der Waals surface area contributed by atoms with Gasteiger partial charge < -0.3 is 10.4 Å². The Morgan fingerprint density at radius 2 is 2.00 bits per heavy atom. The minimum Gasteiger partial charge on any atom is -0.393 e. The van der Waals surface area contributed by atoms with Crippen LogP contribution in [0.4, 0.5) is 0 Å². The first-order chi connectivity index (χ1) is 8.15. The second-order valence-electron chi connectivity index (χ2n) is 5.99. The Kier molecular flexibility index (Phi) is 4.45. The molecule has 0 amide bonds. The molecule has 0 spiro atoms. The van der Waals surface area contributed by atoms with E-state index in [4.69, 9.17) is 0 Å². The van der Waals surface area contributed by atoms with Crippen molar-refractivity contribution in [2.45, 2.75) is 57.7 Å². The van der Waals surface area contributed by atoms with Crippen molar-refractivity contribution in [2.75, 3.05) is 20.1 Å². The Labute approximate surface area is 106 Å². The number of aliphatic hydroxyl groups is 1. The summed E-state index contributed by atoms with van der Waals surface area (Å²) < 4.78 is 0. The molecule has 17 heavy (non-hydrogen) atoms. The summed E-state index contributed by atoms with van der Waals surface area (Å²) in [5.41, 5.74) is 0. The number of aliphatic hydroxyl groups excluding tert-OH is 1. The second kappa shape index (κ2) is 5.68. The average molecular weight is 240 g/mol. The van der Waals surface area contributed by atoms with Crippen LogP contribution in [0, 0.1) is 11.8 Å². The van der Waals surface area contributed by atoms with Crippen LogP contribution in [0.15, 0.2) is 0 Å². The van der Waals surface area contributed by atoms with Crippen LogP contribution in [-0.4, -0.2) is 48.3 Å². The summed E-state index contributed by atoms with van der Waals surface area (Å²) in [5, 5.41) is 13.3. The van der Waals surface area contributed by atoms with E-state index >= 15 is 0 Å². The first-order valence-corrected chi connectivity index (χ1v) is 7.25. The highest BCUT2D eigenvalue weighted by Gasteiger charge is 2.38. The van der Waals surface area contributed by atoms with Crippen molar-refractivity contribution in [1.29, 1.82) is 0 Å². The third-order valence-corrected chi connectivity index (χ3v) is 4.66. The predicted octanol–water partition coefficient (Wildman–Crippen LogP) is 1.47. The monoisotopic (exact) mass is 240 g/mol. The molecule has 1 saturated carbocycles. The molecule has 4 unspecified atom stereocenters. The van der Waals surface area contributed by atoms with Crippen molar-refractivity contribution in [2.24, 2.45) is 11.8 Å². The maximum atomic E-state index is 9.86. The van der Waals surface area contributed by atoms with Gasteiger partial charge in [-0.25, -0.2) is 0 Å². The lowest BCUT2D eigenvalue weighted by Gasteiger charge is -2.43. The van der Waals surface area contributed by atoms with Gasteiger partial charge in [-0.2, -0.15) is 0 Å². The maximum absolute atomic E-state index is 9.86. The summed E-state index contributed by atoms with van der Waals surface area (Å²) in [7, 11) is 2.05. The maximum Gasteiger partial charge on any atom is 0.0553 e. The van der Waals surface area contributed by atoms with Gasteiger partial charge in [0.15, 0.2) is 0 Å². The largest absolute Gasteiger partial charge is 0.393 e. The zero-order valence-corrected chi connectivity index (χ0v) is 11.5. The van der Waals surface area contributed by atoms with Gasteiger partial charge in [0, 0.05) is 25.2 Å². The summed E-state index contributed by atoms with van der Waals surface area (Å²) in [6, 6.07) is 1.31. The summed E-state index contributed by atoms with van der Waals surface area (Å²) in [5.74, 6) is 1.37. The number of rotatable bonds is 5. The van der Waals surface area contributed by atoms with Crippen LogP contribution in [0.1, 0.15) is 39.5 Å². The minimum atomic E-state index is -0.176. The van der Waals surface area contributed by atoms with E-state index in [1.165, 1.54) is 19.3 Å². The Morgan fingerprint density at radius 1 is 1.29 bits per heavy atom. The van der Waals surface area contributed by atoms with Crippen molar-refractivity contribution in [3.05, 3.63) is 0 Å². The Balaban J connectivity index is 1.99. The molecular weight excluding hydrogens is 212 g/mol. The molecule has 2 fully saturated rings. The Bertz CT molecular complexity index is 240. The van der Waals surface area contributed by atoms with Crippen LogP contribution in [-0.2, 0) is 0 Å². The highest BCUT2D eigenvalue weighted by atomic mass is 16.3. The van der Waals surface area contributed by atoms with Gasteiger partial charge in [0.05, 0.1) is 6.10 Å². The molecule has 1 aliphatic heterocycles. The number of likely N-dealkylation sites (tertiary alicyclic amines) is 1. The molecule has 100 valence electrons. The van der Waals surface area contributed by atoms with Crippen LogP contribution in [0.3, 0.4) is 0 Å². The zero-order chi connectivity index (χ0) is 12.4. The number of piperidine rings is 1. The molecule has 0 aromatic carbocycles. The zero-order valence-electron chi connectivity index (χ0n) is 11.5. The van der Waals surface area contributed by atoms with Gasteiger partial charge in [0.25, 0.3) is 0 Å². The number of hydrogen-bond acceptors (Lipinski definition) is 3. The van der Waals surface area contributed by atoms with E-state index in [1.54, 1.807) is 0 Å². The fourth-order valence-corrected chi connectivity index (χ4v) is 3.37. The SMILES string of the molecule is CCC(C1CC1)N1CC(NC)CC(C(C)O)C1. The molecule has 1 saturated heterocycles. The number of likely N-dealkylation sites (N-methyl/N-ethyl adjacent to an activating group) is 1. The van der Waals surface area contributed by atoms with Gasteiger partial charge in [0.2, 0.25) is 0 Å². The van der Waals surface area contributed by atoms with Crippen molar-refractivity contribution < 1.29 is 5.11 Å². The van der Waals surface area contributed by atoms with E-state index in [0.29, 0.717) is 12.0 Å². The molecule has 2 aliphatic rings. The second-order valence-corrected chi connectivity index (χ2v) is 5.99. The minimum absolute atomic E-state index is 0.176. The molecule has 2 N–H and O–H groups in total. The molecule has 3 heteroatoms. The van der Waals surface area contributed by atoms with E-state index in [2.05, 4.69) is 17.1 Å². The molecule has 2 rings (SSSR count). The fourth-order valence-electron chi connectivity index (χ4n) is 3.37. The molecule has 1 heterocycles. The molecule has 3 nitrogen and oxygen atoms in total. The van der Waals surface area contributed by atoms with Gasteiger partial charge in [0.1, 0.15) is 0 Å². The van der Waals surface area contributed by atoms with Gasteiger partial charge >= 0.3 is 0 Å². The lowest BCUT2D eigenvalue weighted by Crippen LogP contribution is -2.54. The normalized spacial score (nSPS) is 34.6. The predicted molar refractivity (Wildman–Crippen MR) is 71.0 cm³/mol. The van der Waals surface area contributed by atoms with E-state index < -0.39 is 0 Å². The van der Waals surface area contributed by atoms with Crippen LogP contribution in [0.25, 0.3) is 0 Å². The topological polar surface area (TPSA) is 35.5 Å². The van der Waals surface area contributed by atoms with Crippen molar-refractivity contribution in [3.8, 4) is 0 Å². The molecule has 0 bridgehead atoms. The van der Waals surface area contributed by atoms with Gasteiger partial charge in [-0.3, -0.25) is 4.90 Å². The van der Waals surface area contributed by atoms with E-state index in [0.717, 1.165) is 31.5 Å². The standard InChI is InChI=1S/C14H28N2O/c1-4-14(11-5-6-11)16-8-12(10(2)17)7-13(9-16)15-3/h10-15,17H,4-9H2,1-3H3. The van der Waals surface area contributed by atoms with Crippen molar-refractivity contribution in [3.63, 3.8) is 0 Å². The van der Waals surface area contributed by atoms with E-state index in [9.17, 15) is 5.11 Å². The number of nitrogens with one attached hydrogen (secondary N) is 1. The first kappa shape index (κ1) is 13.3. The smallest absolute Gasteiger partial charge is 0.0553 e. The highest BCUT2D eigenvalue weighted by Crippen LogP contribution is 2.38. The van der Waals surface area contributed by atoms with Gasteiger partial charge in [-0.05, 0) is 51.5 Å². The van der Waals surface area contributed by atoms with E-state index in [-0.39, 0.29) is 6.10 Å². The summed E-state index contributed by atoms with van der Waals surface area (Å²) >= 11 is 0. The number of hydrogen-bond donors (Lipinski definition) is 2. The Hall–Kier alpha value is -0.120. The first-order valence-electron chi connectivity index (χ1n) is 7.25. The van der Waals surface area contributed by atoms with Crippen LogP contribution < -0.4 is 5.32 Å². The third-order valence-electron chi connectivity index (χ3n) is 4.66. The summed E-state index contributed by atoms with van der Waals surface area (Å²) in [6.07, 6.45) is 5.03. The lowest BCUT2D eigenvalue weighted by atomic mass is 9.88. The van der Waals surface area contributed by atoms with Crippen molar-refractivity contribution >= 4 is 0 Å². The third kappa shape index (κ3) is 3.21. The van der Waals surface area contributed by atoms with Gasteiger partial charge in [-0.1, -0.05) is 6.92 Å². The average Bonchev–Trinajstić information content (AvgIpc) is 3.14. The molecule has 4 atom stereocenters. The van der Waals surface area contributed by atoms with Crippen LogP contribution >= 0.6 is 0 Å². The van der Waals surface area contributed by atoms with Crippen LogP contribution in [0.5, 0.6) is 0 Å². The van der Waals surface area contributed by atoms with E-state index in [1.807, 2.05) is 14.0 Å². The lowest BCUT2D eigenvalue weighted by molar-refractivity contribution is 0.0245. The summed E-state index contributed by atoms with van der Waals surface area (Å²) in [4.78, 5) is 2.64. The molecule has 1 aliphatic carbocycles. The molecular formula is C14H28N2O. The Morgan fingerprint density at radius 3 is 2.47 bits per heavy atom. The summed E-state index contributed by atoms with van der Waals surface area (Å²) in [6.45, 7) is 6.50. The fraction of sp³-hybridized carbons (Fsp3) is 1.00. The quantitative estimate of drug-likeness (QED) is 0.764. The van der Waals surface area contributed by atoms with Gasteiger partial charge in [-0.15, -0.1) is 0 Å². The number of nitrogens with zero attached hydrogens (tertiary/aromatic N) is 1. The van der Waals surface area contributed by atoms with Crippen molar-refractivity contribution in [1.82, 2.24) is 10.2 Å².